The van der Waals surface area contributed by atoms with Gasteiger partial charge in [-0.1, -0.05) is 24.3 Å². The molecule has 0 saturated carbocycles. The van der Waals surface area contributed by atoms with Gasteiger partial charge in [-0.05, 0) is 24.0 Å². The Labute approximate surface area is 184 Å². The van der Waals surface area contributed by atoms with Crippen molar-refractivity contribution in [2.75, 3.05) is 63.2 Å². The normalized spacial score (nSPS) is 22.5. The van der Waals surface area contributed by atoms with E-state index in [1.54, 1.807) is 6.33 Å². The number of piperidine rings is 1. The van der Waals surface area contributed by atoms with Crippen molar-refractivity contribution in [1.82, 2.24) is 20.2 Å². The first-order chi connectivity index (χ1) is 15.1. The summed E-state index contributed by atoms with van der Waals surface area (Å²) in [6.45, 7) is 7.36. The molecule has 2 fully saturated rings. The van der Waals surface area contributed by atoms with Crippen molar-refractivity contribution < 1.29 is 9.84 Å². The third-order valence-corrected chi connectivity index (χ3v) is 6.07. The molecule has 1 aromatic carbocycles. The maximum Gasteiger partial charge on any atom is 0.134 e. The first-order valence-electron chi connectivity index (χ1n) is 11.2. The topological polar surface area (TPSA) is 85.8 Å². The number of anilines is 2. The molecular formula is C23H34N6O2. The van der Waals surface area contributed by atoms with Crippen LogP contribution in [-0.2, 0) is 17.8 Å². The van der Waals surface area contributed by atoms with Crippen LogP contribution in [0.5, 0.6) is 0 Å². The highest BCUT2D eigenvalue weighted by Crippen LogP contribution is 2.25. The summed E-state index contributed by atoms with van der Waals surface area (Å²) in [5, 5.41) is 17.7. The van der Waals surface area contributed by atoms with Crippen LogP contribution in [-0.4, -0.2) is 78.6 Å². The predicted octanol–water partition coefficient (Wildman–Crippen LogP) is 1.47. The molecule has 1 atom stereocenters. The zero-order valence-corrected chi connectivity index (χ0v) is 18.4. The molecule has 31 heavy (non-hydrogen) atoms. The molecule has 2 aliphatic rings. The lowest BCUT2D eigenvalue weighted by atomic mass is 9.92. The first kappa shape index (κ1) is 22.0. The molecule has 3 heterocycles. The number of nitrogens with zero attached hydrogens (tertiary/aromatic N) is 4. The Kier molecular flexibility index (Phi) is 7.34. The Morgan fingerprint density at radius 1 is 1.13 bits per heavy atom. The lowest BCUT2D eigenvalue weighted by Gasteiger charge is -2.40. The lowest BCUT2D eigenvalue weighted by Crippen LogP contribution is -2.53. The van der Waals surface area contributed by atoms with Gasteiger partial charge in [0.2, 0.25) is 0 Å². The molecule has 3 N–H and O–H groups in total. The van der Waals surface area contributed by atoms with Gasteiger partial charge in [0.05, 0.1) is 18.8 Å². The smallest absolute Gasteiger partial charge is 0.134 e. The van der Waals surface area contributed by atoms with Crippen LogP contribution in [0.2, 0.25) is 0 Å². The largest absolute Gasteiger partial charge is 0.387 e. The van der Waals surface area contributed by atoms with E-state index in [9.17, 15) is 5.11 Å². The van der Waals surface area contributed by atoms with Gasteiger partial charge in [0.15, 0.2) is 0 Å². The van der Waals surface area contributed by atoms with E-state index in [0.717, 1.165) is 70.4 Å². The Balaban J connectivity index is 1.29. The van der Waals surface area contributed by atoms with Crippen molar-refractivity contribution in [2.45, 2.75) is 31.5 Å². The number of hydrogen-bond acceptors (Lipinski definition) is 8. The number of aliphatic hydroxyl groups is 1. The zero-order valence-electron chi connectivity index (χ0n) is 18.4. The van der Waals surface area contributed by atoms with Gasteiger partial charge in [0, 0.05) is 58.9 Å². The van der Waals surface area contributed by atoms with Gasteiger partial charge >= 0.3 is 0 Å². The molecule has 0 spiro atoms. The van der Waals surface area contributed by atoms with Crippen molar-refractivity contribution >= 4 is 11.6 Å². The van der Waals surface area contributed by atoms with Crippen LogP contribution < -0.4 is 15.5 Å². The van der Waals surface area contributed by atoms with Crippen molar-refractivity contribution in [3.8, 4) is 0 Å². The summed E-state index contributed by atoms with van der Waals surface area (Å²) < 4.78 is 5.44. The van der Waals surface area contributed by atoms with Crippen molar-refractivity contribution in [1.29, 1.82) is 0 Å². The lowest BCUT2D eigenvalue weighted by molar-refractivity contribution is 0.0259. The van der Waals surface area contributed by atoms with E-state index >= 15 is 0 Å². The molecule has 8 heteroatoms. The Morgan fingerprint density at radius 2 is 1.97 bits per heavy atom. The SMILES string of the molecule is CNc1cc(N2CCCC(O)(CNCc3cccc(CN4CCOCC4)c3)C2)ncn1. The number of rotatable bonds is 8. The summed E-state index contributed by atoms with van der Waals surface area (Å²) in [5.41, 5.74) is 1.80. The van der Waals surface area contributed by atoms with Gasteiger partial charge in [-0.15, -0.1) is 0 Å². The van der Waals surface area contributed by atoms with E-state index in [0.29, 0.717) is 13.1 Å². The molecule has 0 amide bonds. The van der Waals surface area contributed by atoms with Crippen molar-refractivity contribution in [3.63, 3.8) is 0 Å². The number of aromatic nitrogens is 2. The highest BCUT2D eigenvalue weighted by atomic mass is 16.5. The fourth-order valence-electron chi connectivity index (χ4n) is 4.40. The van der Waals surface area contributed by atoms with Crippen LogP contribution in [0.1, 0.15) is 24.0 Å². The average Bonchev–Trinajstić information content (AvgIpc) is 2.80. The third kappa shape index (κ3) is 6.13. The molecule has 168 valence electrons. The van der Waals surface area contributed by atoms with Crippen LogP contribution in [0.4, 0.5) is 11.6 Å². The number of benzene rings is 1. The molecule has 2 saturated heterocycles. The highest BCUT2D eigenvalue weighted by Gasteiger charge is 2.33. The monoisotopic (exact) mass is 426 g/mol. The van der Waals surface area contributed by atoms with Crippen molar-refractivity contribution in [3.05, 3.63) is 47.8 Å². The maximum absolute atomic E-state index is 11.2. The maximum atomic E-state index is 11.2. The zero-order chi connectivity index (χ0) is 21.5. The summed E-state index contributed by atoms with van der Waals surface area (Å²) in [6, 6.07) is 10.6. The van der Waals surface area contributed by atoms with E-state index in [-0.39, 0.29) is 0 Å². The number of ether oxygens (including phenoxy) is 1. The number of morpholine rings is 1. The average molecular weight is 427 g/mol. The Morgan fingerprint density at radius 3 is 2.81 bits per heavy atom. The fraction of sp³-hybridized carbons (Fsp3) is 0.565. The van der Waals surface area contributed by atoms with Crippen LogP contribution in [0.3, 0.4) is 0 Å². The summed E-state index contributed by atoms with van der Waals surface area (Å²) in [7, 11) is 1.85. The Bertz CT molecular complexity index is 844. The van der Waals surface area contributed by atoms with Gasteiger partial charge in [-0.2, -0.15) is 0 Å². The molecule has 4 rings (SSSR count). The van der Waals surface area contributed by atoms with Gasteiger partial charge in [-0.3, -0.25) is 4.90 Å². The molecule has 0 bridgehead atoms. The van der Waals surface area contributed by atoms with E-state index in [1.165, 1.54) is 11.1 Å². The second kappa shape index (κ2) is 10.4. The number of hydrogen-bond donors (Lipinski definition) is 3. The summed E-state index contributed by atoms with van der Waals surface area (Å²) in [5.74, 6) is 1.64. The summed E-state index contributed by atoms with van der Waals surface area (Å²) in [4.78, 5) is 13.2. The second-order valence-electron chi connectivity index (χ2n) is 8.57. The van der Waals surface area contributed by atoms with Crippen molar-refractivity contribution in [2.24, 2.45) is 0 Å². The number of β-amino-alcohol motifs (C(OH)–C–C–N with tert-alkyl or cyclic N) is 1. The molecule has 0 radical (unpaired) electrons. The summed E-state index contributed by atoms with van der Waals surface area (Å²) in [6.07, 6.45) is 3.29. The van der Waals surface area contributed by atoms with Gasteiger partial charge in [0.1, 0.15) is 18.0 Å². The number of nitrogens with one attached hydrogen (secondary N) is 2. The molecule has 1 aromatic heterocycles. The molecule has 1 unspecified atom stereocenters. The second-order valence-corrected chi connectivity index (χ2v) is 8.57. The van der Waals surface area contributed by atoms with E-state index in [2.05, 4.69) is 54.7 Å². The molecule has 0 aliphatic carbocycles. The van der Waals surface area contributed by atoms with Gasteiger partial charge < -0.3 is 25.4 Å². The minimum Gasteiger partial charge on any atom is -0.387 e. The highest BCUT2D eigenvalue weighted by molar-refractivity contribution is 5.48. The first-order valence-corrected chi connectivity index (χ1v) is 11.2. The van der Waals surface area contributed by atoms with Crippen LogP contribution in [0.15, 0.2) is 36.7 Å². The minimum absolute atomic E-state index is 0.557. The Hall–Kier alpha value is -2.26. The van der Waals surface area contributed by atoms with Crippen LogP contribution in [0.25, 0.3) is 0 Å². The molecular weight excluding hydrogens is 392 g/mol. The van der Waals surface area contributed by atoms with Crippen LogP contribution in [0, 0.1) is 0 Å². The third-order valence-electron chi connectivity index (χ3n) is 6.07. The van der Waals surface area contributed by atoms with Gasteiger partial charge in [0.25, 0.3) is 0 Å². The van der Waals surface area contributed by atoms with Gasteiger partial charge in [-0.25, -0.2) is 9.97 Å². The summed E-state index contributed by atoms with van der Waals surface area (Å²) >= 11 is 0. The fourth-order valence-corrected chi connectivity index (χ4v) is 4.40. The quantitative estimate of drug-likeness (QED) is 0.585. The predicted molar refractivity (Wildman–Crippen MR) is 122 cm³/mol. The van der Waals surface area contributed by atoms with E-state index in [4.69, 9.17) is 4.74 Å². The molecule has 2 aromatic rings. The molecule has 8 nitrogen and oxygen atoms in total. The van der Waals surface area contributed by atoms with E-state index in [1.807, 2.05) is 13.1 Å². The minimum atomic E-state index is -0.769. The van der Waals surface area contributed by atoms with E-state index < -0.39 is 5.60 Å². The molecule has 2 aliphatic heterocycles. The van der Waals surface area contributed by atoms with Crippen LogP contribution >= 0.6 is 0 Å². The standard InChI is InChI=1S/C23H34N6O2/c1-24-21-13-22(27-18-26-21)29-7-3-6-23(30,17-29)16-25-14-19-4-2-5-20(12-19)15-28-8-10-31-11-9-28/h2,4-5,12-13,18,25,30H,3,6-11,14-17H2,1H3,(H,24,26,27).